The molecule has 3 heteroatoms. The monoisotopic (exact) mass is 259 g/mol. The normalized spacial score (nSPS) is 34.1. The van der Waals surface area contributed by atoms with Crippen molar-refractivity contribution in [3.63, 3.8) is 0 Å². The van der Waals surface area contributed by atoms with Crippen molar-refractivity contribution >= 4 is 6.72 Å². The Kier molecular flexibility index (Phi) is 7.19. The Labute approximate surface area is 117 Å². The van der Waals surface area contributed by atoms with E-state index in [9.17, 15) is 0 Å². The zero-order valence-corrected chi connectivity index (χ0v) is 12.0. The van der Waals surface area contributed by atoms with E-state index >= 15 is 0 Å². The van der Waals surface area contributed by atoms with Crippen LogP contribution in [0.5, 0.6) is 0 Å². The van der Waals surface area contributed by atoms with Crippen LogP contribution < -0.4 is 0 Å². The zero-order chi connectivity index (χ0) is 14.1. The highest BCUT2D eigenvalue weighted by Gasteiger charge is 2.22. The summed E-state index contributed by atoms with van der Waals surface area (Å²) in [7, 11) is 0. The van der Waals surface area contributed by atoms with Gasteiger partial charge in [-0.05, 0) is 38.3 Å². The second kappa shape index (κ2) is 8.70. The van der Waals surface area contributed by atoms with E-state index < -0.39 is 0 Å². The van der Waals surface area contributed by atoms with E-state index in [1.54, 1.807) is 0 Å². The summed E-state index contributed by atoms with van der Waals surface area (Å²) in [5.41, 5.74) is 0. The van der Waals surface area contributed by atoms with Crippen LogP contribution in [0, 0.1) is 40.4 Å². The third-order valence-electron chi connectivity index (χ3n) is 4.41. The molecule has 0 spiro atoms. The molecule has 0 N–H and O–H groups in total. The molecule has 0 aromatic carbocycles. The van der Waals surface area contributed by atoms with Gasteiger partial charge in [-0.3, -0.25) is 4.99 Å². The fourth-order valence-electron chi connectivity index (χ4n) is 2.99. The molecule has 4 unspecified atom stereocenters. The van der Waals surface area contributed by atoms with Crippen LogP contribution in [0.2, 0.25) is 0 Å². The van der Waals surface area contributed by atoms with Crippen molar-refractivity contribution in [3.05, 3.63) is 0 Å². The molecular formula is C16H25N3. The largest absolute Gasteiger partial charge is 0.296 e. The van der Waals surface area contributed by atoms with Crippen molar-refractivity contribution in [1.82, 2.24) is 0 Å². The van der Waals surface area contributed by atoms with Gasteiger partial charge in [-0.15, -0.1) is 0 Å². The van der Waals surface area contributed by atoms with Crippen LogP contribution >= 0.6 is 0 Å². The lowest BCUT2D eigenvalue weighted by Gasteiger charge is -2.22. The minimum absolute atomic E-state index is 0.145. The number of hydrogen-bond acceptors (Lipinski definition) is 3. The standard InChI is InChI=1S/C8H12N2.C8H13N/c1-10-8-5-3-2-4-7(8)6-9;1-7-4-2-3-5-8(7)6-9/h7-8H,1-5H2;7-8H,2-5H2,1H3. The number of rotatable bonds is 1. The Morgan fingerprint density at radius 3 is 1.84 bits per heavy atom. The summed E-state index contributed by atoms with van der Waals surface area (Å²) in [5, 5.41) is 17.3. The minimum Gasteiger partial charge on any atom is -0.296 e. The van der Waals surface area contributed by atoms with Crippen molar-refractivity contribution in [1.29, 1.82) is 10.5 Å². The Hall–Kier alpha value is -1.35. The van der Waals surface area contributed by atoms with E-state index in [4.69, 9.17) is 10.5 Å². The van der Waals surface area contributed by atoms with Crippen molar-refractivity contribution in [2.75, 3.05) is 0 Å². The predicted molar refractivity (Wildman–Crippen MR) is 77.6 cm³/mol. The maximum Gasteiger partial charge on any atom is 0.0686 e. The maximum atomic E-state index is 8.65. The Bertz CT molecular complexity index is 350. The molecule has 19 heavy (non-hydrogen) atoms. The first kappa shape index (κ1) is 15.7. The molecule has 0 aliphatic heterocycles. The molecule has 104 valence electrons. The predicted octanol–water partition coefficient (Wildman–Crippen LogP) is 4.11. The average molecular weight is 259 g/mol. The molecule has 0 bridgehead atoms. The minimum atomic E-state index is 0.145. The first-order valence-corrected chi connectivity index (χ1v) is 7.48. The van der Waals surface area contributed by atoms with E-state index in [1.807, 2.05) is 0 Å². The van der Waals surface area contributed by atoms with Gasteiger partial charge in [-0.25, -0.2) is 0 Å². The number of hydrogen-bond donors (Lipinski definition) is 0. The molecule has 0 heterocycles. The van der Waals surface area contributed by atoms with Crippen molar-refractivity contribution < 1.29 is 0 Å². The topological polar surface area (TPSA) is 59.9 Å². The van der Waals surface area contributed by atoms with Gasteiger partial charge in [0.05, 0.1) is 24.1 Å². The van der Waals surface area contributed by atoms with E-state index in [0.717, 1.165) is 19.3 Å². The smallest absolute Gasteiger partial charge is 0.0686 e. The van der Waals surface area contributed by atoms with Gasteiger partial charge in [-0.1, -0.05) is 32.6 Å². The summed E-state index contributed by atoms with van der Waals surface area (Å²) < 4.78 is 0. The van der Waals surface area contributed by atoms with Gasteiger partial charge in [0.15, 0.2) is 0 Å². The molecule has 4 atom stereocenters. The number of nitrogens with zero attached hydrogens (tertiary/aromatic N) is 3. The fraction of sp³-hybridized carbons (Fsp3) is 0.812. The SMILES string of the molecule is C=NC1CCCCC1C#N.CC1CCCCC1C#N. The van der Waals surface area contributed by atoms with Crippen LogP contribution in [0.3, 0.4) is 0 Å². The van der Waals surface area contributed by atoms with Crippen LogP contribution in [0.25, 0.3) is 0 Å². The Balaban J connectivity index is 0.000000191. The number of aliphatic imine (C=N–C) groups is 1. The van der Waals surface area contributed by atoms with Gasteiger partial charge in [-0.2, -0.15) is 10.5 Å². The van der Waals surface area contributed by atoms with Crippen LogP contribution in [0.4, 0.5) is 0 Å². The summed E-state index contributed by atoms with van der Waals surface area (Å²) in [6.45, 7) is 5.67. The molecule has 3 nitrogen and oxygen atoms in total. The van der Waals surface area contributed by atoms with Gasteiger partial charge in [0.1, 0.15) is 0 Å². The highest BCUT2D eigenvalue weighted by atomic mass is 14.8. The van der Waals surface area contributed by atoms with Gasteiger partial charge in [0.25, 0.3) is 0 Å². The molecule has 0 amide bonds. The first-order valence-electron chi connectivity index (χ1n) is 7.48. The van der Waals surface area contributed by atoms with Gasteiger partial charge in [0.2, 0.25) is 0 Å². The van der Waals surface area contributed by atoms with E-state index in [-0.39, 0.29) is 12.0 Å². The second-order valence-electron chi connectivity index (χ2n) is 5.77. The highest BCUT2D eigenvalue weighted by molar-refractivity contribution is 5.25. The molecule has 2 rings (SSSR count). The van der Waals surface area contributed by atoms with Crippen LogP contribution in [0.1, 0.15) is 58.3 Å². The molecule has 2 aliphatic rings. The lowest BCUT2D eigenvalue weighted by Crippen LogP contribution is -2.20. The third kappa shape index (κ3) is 5.03. The molecule has 2 aliphatic carbocycles. The number of nitriles is 2. The second-order valence-corrected chi connectivity index (χ2v) is 5.77. The molecular weight excluding hydrogens is 234 g/mol. The molecule has 0 saturated heterocycles. The van der Waals surface area contributed by atoms with Crippen LogP contribution in [-0.4, -0.2) is 12.8 Å². The molecule has 2 fully saturated rings. The summed E-state index contributed by atoms with van der Waals surface area (Å²) in [5.74, 6) is 1.16. The maximum absolute atomic E-state index is 8.65. The highest BCUT2D eigenvalue weighted by Crippen LogP contribution is 2.28. The van der Waals surface area contributed by atoms with Gasteiger partial charge >= 0.3 is 0 Å². The third-order valence-corrected chi connectivity index (χ3v) is 4.41. The lowest BCUT2D eigenvalue weighted by atomic mass is 9.81. The van der Waals surface area contributed by atoms with Crippen molar-refractivity contribution in [2.24, 2.45) is 22.7 Å². The Morgan fingerprint density at radius 1 is 0.895 bits per heavy atom. The summed E-state index contributed by atoms with van der Waals surface area (Å²) in [4.78, 5) is 3.93. The zero-order valence-electron chi connectivity index (χ0n) is 12.0. The fourth-order valence-corrected chi connectivity index (χ4v) is 2.99. The van der Waals surface area contributed by atoms with Crippen LogP contribution in [-0.2, 0) is 0 Å². The Morgan fingerprint density at radius 2 is 1.42 bits per heavy atom. The molecule has 0 radical (unpaired) electrons. The molecule has 0 aromatic heterocycles. The lowest BCUT2D eigenvalue weighted by molar-refractivity contribution is 0.313. The quantitative estimate of drug-likeness (QED) is 0.665. The van der Waals surface area contributed by atoms with Gasteiger partial charge in [0, 0.05) is 5.92 Å². The summed E-state index contributed by atoms with van der Waals surface area (Å²) >= 11 is 0. The van der Waals surface area contributed by atoms with E-state index in [2.05, 4.69) is 30.8 Å². The molecule has 0 aromatic rings. The van der Waals surface area contributed by atoms with Gasteiger partial charge < -0.3 is 0 Å². The van der Waals surface area contributed by atoms with Crippen LogP contribution in [0.15, 0.2) is 4.99 Å². The van der Waals surface area contributed by atoms with E-state index in [1.165, 1.54) is 32.1 Å². The van der Waals surface area contributed by atoms with Crippen molar-refractivity contribution in [3.8, 4) is 12.1 Å². The van der Waals surface area contributed by atoms with Crippen molar-refractivity contribution in [2.45, 2.75) is 64.3 Å². The van der Waals surface area contributed by atoms with E-state index in [0.29, 0.717) is 11.8 Å². The summed E-state index contributed by atoms with van der Waals surface area (Å²) in [6, 6.07) is 4.85. The summed E-state index contributed by atoms with van der Waals surface area (Å²) in [6.07, 6.45) is 9.46. The average Bonchev–Trinajstić information content (AvgIpc) is 2.48. The first-order chi connectivity index (χ1) is 9.22. The molecule has 2 saturated carbocycles.